The van der Waals surface area contributed by atoms with Crippen molar-refractivity contribution in [2.24, 2.45) is 5.41 Å². The van der Waals surface area contributed by atoms with Crippen molar-refractivity contribution < 1.29 is 9.18 Å². The number of piperidine rings is 2. The van der Waals surface area contributed by atoms with Crippen molar-refractivity contribution in [3.63, 3.8) is 0 Å². The molecule has 1 saturated carbocycles. The number of fused-ring (bicyclic) bond motifs is 1. The molecule has 2 saturated heterocycles. The van der Waals surface area contributed by atoms with E-state index in [1.165, 1.54) is 51.4 Å². The van der Waals surface area contributed by atoms with Crippen LogP contribution in [-0.4, -0.2) is 63.6 Å². The zero-order valence-corrected chi connectivity index (χ0v) is 26.7. The minimum atomic E-state index is -0.695. The molecule has 2 aliphatic heterocycles. The molecule has 10 heteroatoms. The smallest absolute Gasteiger partial charge is 0.229 e. The number of benzene rings is 1. The Morgan fingerprint density at radius 1 is 0.978 bits per heavy atom. The van der Waals surface area contributed by atoms with Crippen LogP contribution in [0.5, 0.6) is 0 Å². The molecular weight excluding hydrogens is 567 g/mol. The molecule has 4 aromatic rings. The van der Waals surface area contributed by atoms with E-state index < -0.39 is 5.54 Å². The van der Waals surface area contributed by atoms with Gasteiger partial charge in [-0.3, -0.25) is 9.36 Å². The van der Waals surface area contributed by atoms with Gasteiger partial charge in [-0.15, -0.1) is 0 Å². The Kier molecular flexibility index (Phi) is 7.50. The predicted octanol–water partition coefficient (Wildman–Crippen LogP) is 6.26. The molecule has 0 atom stereocenters. The first-order chi connectivity index (χ1) is 21.6. The van der Waals surface area contributed by atoms with E-state index in [2.05, 4.69) is 56.7 Å². The van der Waals surface area contributed by atoms with E-state index in [1.54, 1.807) is 6.20 Å². The van der Waals surface area contributed by atoms with Crippen LogP contribution >= 0.6 is 0 Å². The summed E-state index contributed by atoms with van der Waals surface area (Å²) in [4.78, 5) is 31.0. The van der Waals surface area contributed by atoms with Crippen molar-refractivity contribution in [3.05, 3.63) is 65.9 Å². The van der Waals surface area contributed by atoms with Gasteiger partial charge < -0.3 is 20.4 Å². The number of nitrogens with one attached hydrogen (secondary N) is 2. The number of anilines is 3. The second kappa shape index (κ2) is 11.4. The molecule has 3 aliphatic rings. The molecule has 45 heavy (non-hydrogen) atoms. The number of hydrogen-bond donors (Lipinski definition) is 2. The van der Waals surface area contributed by atoms with Crippen LogP contribution in [0.1, 0.15) is 76.6 Å². The summed E-state index contributed by atoms with van der Waals surface area (Å²) in [5.74, 6) is 0.644. The van der Waals surface area contributed by atoms with E-state index in [4.69, 9.17) is 9.97 Å². The number of amides is 1. The van der Waals surface area contributed by atoms with E-state index in [9.17, 15) is 4.79 Å². The predicted molar refractivity (Wildman–Crippen MR) is 176 cm³/mol. The summed E-state index contributed by atoms with van der Waals surface area (Å²) >= 11 is 0. The number of likely N-dealkylation sites (tertiary alicyclic amines) is 1. The molecule has 1 amide bonds. The van der Waals surface area contributed by atoms with Gasteiger partial charge in [0.15, 0.2) is 11.5 Å². The molecule has 2 N–H and O–H groups in total. The van der Waals surface area contributed by atoms with Crippen molar-refractivity contribution >= 4 is 34.3 Å². The van der Waals surface area contributed by atoms with E-state index in [0.29, 0.717) is 39.6 Å². The maximum absolute atomic E-state index is 15.9. The van der Waals surface area contributed by atoms with Crippen LogP contribution in [0, 0.1) is 11.2 Å². The third-order valence-corrected chi connectivity index (χ3v) is 10.1. The first kappa shape index (κ1) is 29.6. The standard InChI is InChI=1S/C35H43FN8O/c1-23(45)41-34(2,3)28-6-5-7-29(39-28)44-31(24-8-9-24)30(36)27-22-37-33(40-32(27)44)38-25-10-12-26(13-11-25)43-20-16-35(17-21-43)14-18-42(4)19-15-35/h5-7,10-13,22,24H,8-9,14-21H2,1-4H3,(H,41,45)(H,37,38,40). The summed E-state index contributed by atoms with van der Waals surface area (Å²) in [6, 6.07) is 14.1. The zero-order valence-electron chi connectivity index (χ0n) is 26.7. The average molecular weight is 611 g/mol. The first-order valence-corrected chi connectivity index (χ1v) is 16.2. The highest BCUT2D eigenvalue weighted by Gasteiger charge is 2.37. The number of pyridine rings is 1. The topological polar surface area (TPSA) is 91.2 Å². The molecule has 3 aromatic heterocycles. The summed E-state index contributed by atoms with van der Waals surface area (Å²) in [5, 5.41) is 6.67. The van der Waals surface area contributed by atoms with Gasteiger partial charge >= 0.3 is 0 Å². The third-order valence-electron chi connectivity index (χ3n) is 10.1. The average Bonchev–Trinajstić information content (AvgIpc) is 3.82. The fraction of sp³-hybridized carbons (Fsp3) is 0.486. The Morgan fingerprint density at radius 2 is 1.67 bits per heavy atom. The lowest BCUT2D eigenvalue weighted by Gasteiger charge is -2.46. The molecule has 9 nitrogen and oxygen atoms in total. The van der Waals surface area contributed by atoms with Crippen LogP contribution in [0.3, 0.4) is 0 Å². The Bertz CT molecular complexity index is 1710. The quantitative estimate of drug-likeness (QED) is 0.255. The van der Waals surface area contributed by atoms with Gasteiger partial charge in [0.05, 0.1) is 22.3 Å². The van der Waals surface area contributed by atoms with Crippen LogP contribution < -0.4 is 15.5 Å². The summed E-state index contributed by atoms with van der Waals surface area (Å²) in [5.41, 5.74) is 3.68. The molecular formula is C35H43FN8O. The van der Waals surface area contributed by atoms with Crippen LogP contribution in [0.4, 0.5) is 21.7 Å². The van der Waals surface area contributed by atoms with Crippen LogP contribution in [0.15, 0.2) is 48.7 Å². The number of aromatic nitrogens is 4. The monoisotopic (exact) mass is 610 g/mol. The Labute approximate surface area is 264 Å². The molecule has 1 aromatic carbocycles. The Balaban J connectivity index is 1.13. The summed E-state index contributed by atoms with van der Waals surface area (Å²) in [6.07, 6.45) is 8.56. The minimum absolute atomic E-state index is 0.112. The minimum Gasteiger partial charge on any atom is -0.371 e. The van der Waals surface area contributed by atoms with Gasteiger partial charge in [-0.05, 0) is 114 Å². The number of carbonyl (C=O) groups is 1. The summed E-state index contributed by atoms with van der Waals surface area (Å²) < 4.78 is 17.7. The molecule has 236 valence electrons. The second-order valence-corrected chi connectivity index (χ2v) is 13.9. The van der Waals surface area contributed by atoms with E-state index in [1.807, 2.05) is 36.6 Å². The summed E-state index contributed by atoms with van der Waals surface area (Å²) in [7, 11) is 2.23. The highest BCUT2D eigenvalue weighted by molar-refractivity contribution is 5.81. The lowest BCUT2D eigenvalue weighted by molar-refractivity contribution is -0.120. The second-order valence-electron chi connectivity index (χ2n) is 13.9. The molecule has 5 heterocycles. The van der Waals surface area contributed by atoms with Crippen LogP contribution in [-0.2, 0) is 10.3 Å². The number of rotatable bonds is 7. The summed E-state index contributed by atoms with van der Waals surface area (Å²) in [6.45, 7) is 9.93. The Hall–Kier alpha value is -4.05. The van der Waals surface area contributed by atoms with Crippen LogP contribution in [0.2, 0.25) is 0 Å². The van der Waals surface area contributed by atoms with Crippen molar-refractivity contribution in [1.82, 2.24) is 29.7 Å². The number of carbonyl (C=O) groups excluding carboxylic acids is 1. The lowest BCUT2D eigenvalue weighted by atomic mass is 9.71. The van der Waals surface area contributed by atoms with Crippen molar-refractivity contribution in [3.8, 4) is 5.82 Å². The number of nitrogens with zero attached hydrogens (tertiary/aromatic N) is 6. The maximum Gasteiger partial charge on any atom is 0.229 e. The zero-order chi connectivity index (χ0) is 31.3. The van der Waals surface area contributed by atoms with Gasteiger partial charge in [-0.1, -0.05) is 6.07 Å². The fourth-order valence-electron chi connectivity index (χ4n) is 7.18. The highest BCUT2D eigenvalue weighted by atomic mass is 19.1. The molecule has 3 fully saturated rings. The fourth-order valence-corrected chi connectivity index (χ4v) is 7.18. The molecule has 7 rings (SSSR count). The van der Waals surface area contributed by atoms with Gasteiger partial charge in [0.25, 0.3) is 0 Å². The lowest BCUT2D eigenvalue weighted by Crippen LogP contribution is -2.46. The van der Waals surface area contributed by atoms with E-state index in [-0.39, 0.29) is 17.6 Å². The normalized spacial score (nSPS) is 18.8. The number of halogens is 1. The highest BCUT2D eigenvalue weighted by Crippen LogP contribution is 2.45. The van der Waals surface area contributed by atoms with Gasteiger partial charge in [-0.2, -0.15) is 4.98 Å². The largest absolute Gasteiger partial charge is 0.371 e. The van der Waals surface area contributed by atoms with Crippen molar-refractivity contribution in [1.29, 1.82) is 0 Å². The van der Waals surface area contributed by atoms with Gasteiger partial charge in [0.1, 0.15) is 5.82 Å². The Morgan fingerprint density at radius 3 is 2.33 bits per heavy atom. The van der Waals surface area contributed by atoms with E-state index >= 15 is 4.39 Å². The van der Waals surface area contributed by atoms with Crippen molar-refractivity contribution in [2.45, 2.75) is 70.8 Å². The van der Waals surface area contributed by atoms with Gasteiger partial charge in [0.2, 0.25) is 11.9 Å². The third kappa shape index (κ3) is 5.88. The molecule has 0 unspecified atom stereocenters. The molecule has 0 radical (unpaired) electrons. The number of hydrogen-bond acceptors (Lipinski definition) is 7. The van der Waals surface area contributed by atoms with Crippen LogP contribution in [0.25, 0.3) is 16.9 Å². The molecule has 1 aliphatic carbocycles. The van der Waals surface area contributed by atoms with Crippen molar-refractivity contribution in [2.75, 3.05) is 43.4 Å². The SMILES string of the molecule is CC(=O)NC(C)(C)c1cccc(-n2c(C3CC3)c(F)c3cnc(Nc4ccc(N5CCC6(CCN(C)CC6)CC5)cc4)nc32)n1. The van der Waals surface area contributed by atoms with Gasteiger partial charge in [0, 0.05) is 43.5 Å². The molecule has 1 spiro atoms. The first-order valence-electron chi connectivity index (χ1n) is 16.2. The van der Waals surface area contributed by atoms with E-state index in [0.717, 1.165) is 31.6 Å². The maximum atomic E-state index is 15.9. The van der Waals surface area contributed by atoms with Gasteiger partial charge in [-0.25, -0.2) is 14.4 Å². The molecule has 0 bridgehead atoms.